The maximum atomic E-state index is 13.3. The van der Waals surface area contributed by atoms with E-state index in [4.69, 9.17) is 0 Å². The first kappa shape index (κ1) is 23.9. The fourth-order valence-corrected chi connectivity index (χ4v) is 7.65. The van der Waals surface area contributed by atoms with Crippen LogP contribution in [0.4, 0.5) is 0 Å². The van der Waals surface area contributed by atoms with Crippen LogP contribution in [0.2, 0.25) is 0 Å². The molecule has 12 heteroatoms. The molecular formula is C23H28N6O4S2. The van der Waals surface area contributed by atoms with Crippen LogP contribution in [0.25, 0.3) is 16.8 Å². The van der Waals surface area contributed by atoms with Gasteiger partial charge in [0.25, 0.3) is 10.0 Å². The second-order valence-electron chi connectivity index (χ2n) is 9.34. The normalized spacial score (nSPS) is 21.3. The first-order chi connectivity index (χ1) is 16.6. The van der Waals surface area contributed by atoms with Crippen molar-refractivity contribution in [1.29, 1.82) is 0 Å². The number of aromatic nitrogens is 5. The fraction of sp³-hybridized carbons (Fsp3) is 0.435. The molecule has 0 saturated heterocycles. The summed E-state index contributed by atoms with van der Waals surface area (Å²) in [5, 5.41) is 8.69. The Morgan fingerprint density at radius 2 is 1.80 bits per heavy atom. The first-order valence-electron chi connectivity index (χ1n) is 11.6. The lowest BCUT2D eigenvalue weighted by atomic mass is 9.97. The highest BCUT2D eigenvalue weighted by Crippen LogP contribution is 2.39. The molecule has 3 atom stereocenters. The van der Waals surface area contributed by atoms with Gasteiger partial charge in [0.15, 0.2) is 11.3 Å². The van der Waals surface area contributed by atoms with Crippen LogP contribution in [0.15, 0.2) is 47.6 Å². The zero-order chi connectivity index (χ0) is 25.0. The zero-order valence-corrected chi connectivity index (χ0v) is 21.4. The lowest BCUT2D eigenvalue weighted by Gasteiger charge is -2.14. The minimum Gasteiger partial charge on any atom is -0.274 e. The number of aryl methyl sites for hydroxylation is 1. The van der Waals surface area contributed by atoms with Crippen LogP contribution in [-0.4, -0.2) is 52.2 Å². The molecule has 4 aromatic rings. The molecule has 0 bridgehead atoms. The van der Waals surface area contributed by atoms with Gasteiger partial charge in [-0.3, -0.25) is 4.40 Å². The maximum absolute atomic E-state index is 13.3. The Morgan fingerprint density at radius 1 is 1.06 bits per heavy atom. The van der Waals surface area contributed by atoms with Crippen LogP contribution < -0.4 is 4.72 Å². The van der Waals surface area contributed by atoms with E-state index in [2.05, 4.69) is 26.8 Å². The third kappa shape index (κ3) is 4.23. The molecule has 0 unspecified atom stereocenters. The lowest BCUT2D eigenvalue weighted by Crippen LogP contribution is -2.34. The van der Waals surface area contributed by atoms with Gasteiger partial charge in [-0.1, -0.05) is 31.5 Å². The van der Waals surface area contributed by atoms with Crippen LogP contribution in [0.3, 0.4) is 0 Å². The third-order valence-corrected chi connectivity index (χ3v) is 9.99. The van der Waals surface area contributed by atoms with Gasteiger partial charge in [-0.05, 0) is 50.3 Å². The predicted octanol–water partition coefficient (Wildman–Crippen LogP) is 2.84. The molecule has 186 valence electrons. The molecule has 0 radical (unpaired) electrons. The topological polar surface area (TPSA) is 128 Å². The second kappa shape index (κ2) is 8.68. The van der Waals surface area contributed by atoms with Crippen LogP contribution in [-0.2, 0) is 20.0 Å². The van der Waals surface area contributed by atoms with E-state index in [1.807, 2.05) is 18.2 Å². The first-order valence-corrected chi connectivity index (χ1v) is 14.7. The smallest absolute Gasteiger partial charge is 0.269 e. The molecule has 0 spiro atoms. The van der Waals surface area contributed by atoms with Crippen molar-refractivity contribution in [3.8, 4) is 0 Å². The molecule has 10 nitrogen and oxygen atoms in total. The van der Waals surface area contributed by atoms with E-state index in [0.717, 1.165) is 5.56 Å². The van der Waals surface area contributed by atoms with Gasteiger partial charge < -0.3 is 0 Å². The number of nitrogens with zero attached hydrogens (tertiary/aromatic N) is 5. The minimum atomic E-state index is -3.84. The predicted molar refractivity (Wildman–Crippen MR) is 132 cm³/mol. The highest BCUT2D eigenvalue weighted by Gasteiger charge is 2.37. The van der Waals surface area contributed by atoms with Gasteiger partial charge in [0.05, 0.1) is 22.4 Å². The Labute approximate surface area is 204 Å². The molecule has 1 fully saturated rings. The highest BCUT2D eigenvalue weighted by molar-refractivity contribution is 7.90. The van der Waals surface area contributed by atoms with Gasteiger partial charge in [0.2, 0.25) is 10.0 Å². The van der Waals surface area contributed by atoms with E-state index in [1.54, 1.807) is 30.3 Å². The number of fused-ring (bicyclic) bond motifs is 3. The van der Waals surface area contributed by atoms with Gasteiger partial charge in [-0.15, -0.1) is 10.2 Å². The summed E-state index contributed by atoms with van der Waals surface area (Å²) in [6.45, 7) is 5.81. The summed E-state index contributed by atoms with van der Waals surface area (Å²) in [5.41, 5.74) is 2.35. The number of nitrogens with one attached hydrogen (secondary N) is 1. The summed E-state index contributed by atoms with van der Waals surface area (Å²) >= 11 is 0. The van der Waals surface area contributed by atoms with E-state index in [-0.39, 0.29) is 34.2 Å². The molecule has 35 heavy (non-hydrogen) atoms. The summed E-state index contributed by atoms with van der Waals surface area (Å²) in [5.74, 6) is 0.911. The number of sulfonamides is 1. The molecule has 3 heterocycles. The number of rotatable bonds is 7. The van der Waals surface area contributed by atoms with Crippen molar-refractivity contribution >= 4 is 36.9 Å². The average Bonchev–Trinajstić information content (AvgIpc) is 3.49. The van der Waals surface area contributed by atoms with Crippen molar-refractivity contribution in [1.82, 2.24) is 28.3 Å². The summed E-state index contributed by atoms with van der Waals surface area (Å²) < 4.78 is 57.1. The summed E-state index contributed by atoms with van der Waals surface area (Å²) in [7, 11) is -7.17. The summed E-state index contributed by atoms with van der Waals surface area (Å²) in [4.78, 5) is 4.57. The SMILES string of the molecule is CCCS(=O)(=O)N[C@H]1C[C@@H](C)[C@@H](c2nnc3cnc4c(ccn4S(=O)(=O)c4ccc(C)cc4)n23)C1. The maximum Gasteiger partial charge on any atom is 0.269 e. The van der Waals surface area contributed by atoms with Crippen LogP contribution in [0.5, 0.6) is 0 Å². The average molecular weight is 517 g/mol. The van der Waals surface area contributed by atoms with E-state index in [9.17, 15) is 16.8 Å². The number of hydrogen-bond acceptors (Lipinski definition) is 7. The van der Waals surface area contributed by atoms with Crippen molar-refractivity contribution in [2.75, 3.05) is 5.75 Å². The molecule has 5 rings (SSSR count). The lowest BCUT2D eigenvalue weighted by molar-refractivity contribution is 0.505. The Hall–Kier alpha value is -2.83. The Morgan fingerprint density at radius 3 is 2.51 bits per heavy atom. The molecule has 1 saturated carbocycles. The van der Waals surface area contributed by atoms with E-state index < -0.39 is 20.0 Å². The fourth-order valence-electron chi connectivity index (χ4n) is 5.00. The number of hydrogen-bond donors (Lipinski definition) is 1. The highest BCUT2D eigenvalue weighted by atomic mass is 32.2. The van der Waals surface area contributed by atoms with Crippen molar-refractivity contribution in [3.05, 3.63) is 54.1 Å². The monoisotopic (exact) mass is 516 g/mol. The summed E-state index contributed by atoms with van der Waals surface area (Å²) in [6.07, 6.45) is 4.86. The molecule has 0 aliphatic heterocycles. The summed E-state index contributed by atoms with van der Waals surface area (Å²) in [6, 6.07) is 8.21. The van der Waals surface area contributed by atoms with Gasteiger partial charge in [-0.2, -0.15) is 0 Å². The van der Waals surface area contributed by atoms with Gasteiger partial charge >= 0.3 is 0 Å². The Kier molecular flexibility index (Phi) is 5.93. The molecule has 0 amide bonds. The van der Waals surface area contributed by atoms with Crippen LogP contribution in [0, 0.1) is 12.8 Å². The van der Waals surface area contributed by atoms with Gasteiger partial charge in [0, 0.05) is 18.2 Å². The molecular weight excluding hydrogens is 488 g/mol. The number of benzene rings is 1. The second-order valence-corrected chi connectivity index (χ2v) is 13.0. The van der Waals surface area contributed by atoms with E-state index in [1.165, 1.54) is 16.4 Å². The molecule has 1 aromatic carbocycles. The van der Waals surface area contributed by atoms with Crippen molar-refractivity contribution in [2.24, 2.45) is 5.92 Å². The van der Waals surface area contributed by atoms with Gasteiger partial charge in [0.1, 0.15) is 5.82 Å². The van der Waals surface area contributed by atoms with Crippen molar-refractivity contribution < 1.29 is 16.8 Å². The molecule has 1 aliphatic carbocycles. The Bertz CT molecular complexity index is 1610. The zero-order valence-electron chi connectivity index (χ0n) is 19.8. The molecule has 1 aliphatic rings. The van der Waals surface area contributed by atoms with Crippen LogP contribution >= 0.6 is 0 Å². The van der Waals surface area contributed by atoms with Gasteiger partial charge in [-0.25, -0.2) is 30.5 Å². The van der Waals surface area contributed by atoms with Crippen LogP contribution in [0.1, 0.15) is 50.4 Å². The molecule has 3 aromatic heterocycles. The largest absolute Gasteiger partial charge is 0.274 e. The third-order valence-electron chi connectivity index (χ3n) is 6.67. The van der Waals surface area contributed by atoms with E-state index in [0.29, 0.717) is 36.3 Å². The van der Waals surface area contributed by atoms with E-state index >= 15 is 0 Å². The minimum absolute atomic E-state index is 0.0398. The standard InChI is InChI=1S/C23H28N6O4S2/c1-4-11-34(30,31)27-17-12-16(3)19(13-17)22-26-25-21-14-24-23-20(29(21)22)9-10-28(23)35(32,33)18-7-5-15(2)6-8-18/h5-10,14,16-17,19,27H,4,11-13H2,1-3H3/t16-,17+,19+/m1/s1. The quantitative estimate of drug-likeness (QED) is 0.400. The Balaban J connectivity index is 1.54. The van der Waals surface area contributed by atoms with Crippen molar-refractivity contribution in [2.45, 2.75) is 56.9 Å². The molecule has 1 N–H and O–H groups in total. The van der Waals surface area contributed by atoms with Crippen molar-refractivity contribution in [3.63, 3.8) is 0 Å².